The number of carboxylic acids is 1. The summed E-state index contributed by atoms with van der Waals surface area (Å²) in [5.74, 6) is 0.0250. The number of unbranched alkanes of at least 4 members (excludes halogenated alkanes) is 1. The van der Waals surface area contributed by atoms with Crippen molar-refractivity contribution in [2.24, 2.45) is 0 Å². The van der Waals surface area contributed by atoms with E-state index in [1.54, 1.807) is 4.90 Å². The fourth-order valence-corrected chi connectivity index (χ4v) is 5.44. The molecule has 3 N–H and O–H groups in total. The van der Waals surface area contributed by atoms with Crippen LogP contribution in [0.1, 0.15) is 44.9 Å². The van der Waals surface area contributed by atoms with Gasteiger partial charge in [-0.05, 0) is 32.1 Å². The molecule has 3 aliphatic rings. The molecule has 0 bridgehead atoms. The number of likely N-dealkylation sites (tertiary alicyclic amines) is 1. The third-order valence-electron chi connectivity index (χ3n) is 5.18. The molecule has 3 aliphatic heterocycles. The van der Waals surface area contributed by atoms with Crippen LogP contribution in [0.3, 0.4) is 0 Å². The van der Waals surface area contributed by atoms with Crippen molar-refractivity contribution in [2.45, 2.75) is 68.3 Å². The van der Waals surface area contributed by atoms with E-state index in [9.17, 15) is 19.5 Å². The number of hydrogen-bond donors (Lipinski definition) is 3. The molecule has 134 valence electrons. The summed E-state index contributed by atoms with van der Waals surface area (Å²) < 4.78 is 0. The van der Waals surface area contributed by atoms with Crippen molar-refractivity contribution in [3.05, 3.63) is 0 Å². The van der Waals surface area contributed by atoms with Crippen molar-refractivity contribution in [3.63, 3.8) is 0 Å². The summed E-state index contributed by atoms with van der Waals surface area (Å²) in [5, 5.41) is 15.6. The second-order valence-electron chi connectivity index (χ2n) is 6.80. The molecule has 8 heteroatoms. The van der Waals surface area contributed by atoms with E-state index in [4.69, 9.17) is 0 Å². The molecule has 0 aliphatic carbocycles. The smallest absolute Gasteiger partial charge is 0.326 e. The van der Waals surface area contributed by atoms with Crippen LogP contribution in [0.15, 0.2) is 0 Å². The quantitative estimate of drug-likeness (QED) is 0.491. The van der Waals surface area contributed by atoms with Crippen molar-refractivity contribution in [2.75, 3.05) is 12.3 Å². The van der Waals surface area contributed by atoms with Gasteiger partial charge in [-0.15, -0.1) is 0 Å². The van der Waals surface area contributed by atoms with E-state index in [0.29, 0.717) is 24.6 Å². The van der Waals surface area contributed by atoms with E-state index in [1.807, 2.05) is 11.8 Å². The van der Waals surface area contributed by atoms with Gasteiger partial charge in [-0.1, -0.05) is 6.42 Å². The van der Waals surface area contributed by atoms with Gasteiger partial charge in [0.25, 0.3) is 0 Å². The molecule has 3 heterocycles. The zero-order valence-electron chi connectivity index (χ0n) is 13.7. The van der Waals surface area contributed by atoms with E-state index in [-0.39, 0.29) is 24.0 Å². The van der Waals surface area contributed by atoms with E-state index in [2.05, 4.69) is 10.6 Å². The van der Waals surface area contributed by atoms with Gasteiger partial charge in [-0.2, -0.15) is 11.8 Å². The molecule has 3 rings (SSSR count). The van der Waals surface area contributed by atoms with Gasteiger partial charge < -0.3 is 20.6 Å². The summed E-state index contributed by atoms with van der Waals surface area (Å²) in [6.45, 7) is 0.565. The largest absolute Gasteiger partial charge is 0.480 e. The van der Waals surface area contributed by atoms with Gasteiger partial charge in [-0.25, -0.2) is 9.59 Å². The molecular formula is C16H25N3O4S. The molecule has 4 atom stereocenters. The number of carbonyl (C=O) groups excluding carboxylic acids is 2. The van der Waals surface area contributed by atoms with E-state index in [1.165, 1.54) is 0 Å². The topological polar surface area (TPSA) is 98.7 Å². The number of nitrogens with zero attached hydrogens (tertiary/aromatic N) is 1. The first-order chi connectivity index (χ1) is 11.6. The highest BCUT2D eigenvalue weighted by molar-refractivity contribution is 8.00. The summed E-state index contributed by atoms with van der Waals surface area (Å²) in [6.07, 6.45) is 5.43. The first-order valence-corrected chi connectivity index (χ1v) is 9.82. The van der Waals surface area contributed by atoms with Crippen LogP contribution in [0.2, 0.25) is 0 Å². The number of carbonyl (C=O) groups is 3. The van der Waals surface area contributed by atoms with Crippen molar-refractivity contribution in [3.8, 4) is 0 Å². The molecular weight excluding hydrogens is 330 g/mol. The Morgan fingerprint density at radius 2 is 2.08 bits per heavy atom. The summed E-state index contributed by atoms with van der Waals surface area (Å²) in [6, 6.07) is -0.275. The maximum absolute atomic E-state index is 12.3. The predicted octanol–water partition coefficient (Wildman–Crippen LogP) is 1.18. The van der Waals surface area contributed by atoms with Crippen molar-refractivity contribution in [1.82, 2.24) is 15.5 Å². The van der Waals surface area contributed by atoms with Gasteiger partial charge in [0, 0.05) is 24.0 Å². The Balaban J connectivity index is 1.39. The van der Waals surface area contributed by atoms with Crippen LogP contribution in [0.5, 0.6) is 0 Å². The van der Waals surface area contributed by atoms with E-state index < -0.39 is 12.0 Å². The highest BCUT2D eigenvalue weighted by atomic mass is 32.2. The van der Waals surface area contributed by atoms with Gasteiger partial charge in [0.05, 0.1) is 12.1 Å². The first-order valence-electron chi connectivity index (χ1n) is 8.77. The third-order valence-corrected chi connectivity index (χ3v) is 6.68. The number of urea groups is 1. The Kier molecular flexibility index (Phi) is 5.53. The number of fused-ring (bicyclic) bond motifs is 1. The van der Waals surface area contributed by atoms with Gasteiger partial charge in [0.1, 0.15) is 6.04 Å². The second-order valence-corrected chi connectivity index (χ2v) is 8.08. The molecule has 7 nitrogen and oxygen atoms in total. The molecule has 0 aromatic heterocycles. The number of carboxylic acid groups (broad SMARTS) is 1. The Bertz CT molecular complexity index is 516. The minimum absolute atomic E-state index is 0.0325. The summed E-state index contributed by atoms with van der Waals surface area (Å²) in [7, 11) is 0. The normalized spacial score (nSPS) is 32.2. The number of aliphatic carboxylic acids is 1. The monoisotopic (exact) mass is 355 g/mol. The molecule has 24 heavy (non-hydrogen) atoms. The molecule has 0 saturated carbocycles. The standard InChI is InChI=1S/C16H25N3O4S/c20-13(19-8-4-3-5-11(19)15(21)22)7-2-1-6-12-14-10(9-24-12)17-16(23)18-14/h10-12,14H,1-9H2,(H,21,22)(H2,17,18,23). The van der Waals surface area contributed by atoms with Crippen LogP contribution in [-0.2, 0) is 9.59 Å². The number of nitrogens with one attached hydrogen (secondary N) is 2. The summed E-state index contributed by atoms with van der Waals surface area (Å²) in [4.78, 5) is 36.5. The number of thioether (sulfide) groups is 1. The Morgan fingerprint density at radius 1 is 1.25 bits per heavy atom. The zero-order valence-corrected chi connectivity index (χ0v) is 14.5. The number of piperidine rings is 1. The number of hydrogen-bond acceptors (Lipinski definition) is 4. The molecule has 4 unspecified atom stereocenters. The lowest BCUT2D eigenvalue weighted by atomic mass is 10.0. The average molecular weight is 355 g/mol. The number of amides is 3. The minimum atomic E-state index is -0.888. The highest BCUT2D eigenvalue weighted by Gasteiger charge is 2.42. The number of rotatable bonds is 6. The van der Waals surface area contributed by atoms with Crippen LogP contribution in [-0.4, -0.2) is 63.6 Å². The molecule has 3 saturated heterocycles. The highest BCUT2D eigenvalue weighted by Crippen LogP contribution is 2.33. The van der Waals surface area contributed by atoms with E-state index in [0.717, 1.165) is 37.9 Å². The zero-order chi connectivity index (χ0) is 17.1. The van der Waals surface area contributed by atoms with Crippen LogP contribution in [0.25, 0.3) is 0 Å². The fraction of sp³-hybridized carbons (Fsp3) is 0.812. The molecule has 3 amide bonds. The summed E-state index contributed by atoms with van der Waals surface area (Å²) in [5.41, 5.74) is 0. The van der Waals surface area contributed by atoms with Gasteiger partial charge in [0.15, 0.2) is 0 Å². The maximum Gasteiger partial charge on any atom is 0.326 e. The maximum atomic E-state index is 12.3. The fourth-order valence-electron chi connectivity index (χ4n) is 3.90. The lowest BCUT2D eigenvalue weighted by Gasteiger charge is -2.33. The molecule has 0 aromatic carbocycles. The van der Waals surface area contributed by atoms with Crippen molar-refractivity contribution in [1.29, 1.82) is 0 Å². The molecule has 3 fully saturated rings. The van der Waals surface area contributed by atoms with Crippen LogP contribution >= 0.6 is 11.8 Å². The van der Waals surface area contributed by atoms with E-state index >= 15 is 0 Å². The SMILES string of the molecule is O=C1NC2CSC(CCCCC(=O)N3CCCCC3C(=O)O)C2N1. The van der Waals surface area contributed by atoms with Crippen molar-refractivity contribution < 1.29 is 19.5 Å². The second kappa shape index (κ2) is 7.63. The van der Waals surface area contributed by atoms with Gasteiger partial charge >= 0.3 is 12.0 Å². The third kappa shape index (κ3) is 3.79. The first kappa shape index (κ1) is 17.4. The average Bonchev–Trinajstić information content (AvgIpc) is 3.11. The summed E-state index contributed by atoms with van der Waals surface area (Å²) >= 11 is 1.88. The Morgan fingerprint density at radius 3 is 2.88 bits per heavy atom. The minimum Gasteiger partial charge on any atom is -0.480 e. The molecule has 0 spiro atoms. The lowest BCUT2D eigenvalue weighted by molar-refractivity contribution is -0.152. The van der Waals surface area contributed by atoms with Crippen LogP contribution in [0, 0.1) is 0 Å². The van der Waals surface area contributed by atoms with Gasteiger partial charge in [0.2, 0.25) is 5.91 Å². The Labute approximate surface area is 145 Å². The van der Waals surface area contributed by atoms with Crippen LogP contribution < -0.4 is 10.6 Å². The van der Waals surface area contributed by atoms with Crippen LogP contribution in [0.4, 0.5) is 4.79 Å². The molecule has 0 aromatic rings. The Hall–Kier alpha value is -1.44. The predicted molar refractivity (Wildman–Crippen MR) is 90.9 cm³/mol. The molecule has 0 radical (unpaired) electrons. The van der Waals surface area contributed by atoms with Crippen molar-refractivity contribution >= 4 is 29.7 Å². The van der Waals surface area contributed by atoms with Gasteiger partial charge in [-0.3, -0.25) is 4.79 Å². The lowest BCUT2D eigenvalue weighted by Crippen LogP contribution is -2.47.